The van der Waals surface area contributed by atoms with Crippen LogP contribution in [0.2, 0.25) is 0 Å². The summed E-state index contributed by atoms with van der Waals surface area (Å²) in [6.45, 7) is 7.42. The Morgan fingerprint density at radius 2 is 2.19 bits per heavy atom. The summed E-state index contributed by atoms with van der Waals surface area (Å²) in [5.74, 6) is 0.00278. The number of nitrogens with zero attached hydrogens (tertiary/aromatic N) is 1. The number of nitrogens with two attached hydrogens (primary N) is 1. The van der Waals surface area contributed by atoms with Crippen LogP contribution in [0.25, 0.3) is 0 Å². The van der Waals surface area contributed by atoms with Crippen molar-refractivity contribution in [1.29, 1.82) is 0 Å². The van der Waals surface area contributed by atoms with Crippen molar-refractivity contribution in [3.63, 3.8) is 0 Å². The van der Waals surface area contributed by atoms with Gasteiger partial charge in [-0.3, -0.25) is 4.79 Å². The number of rotatable bonds is 3. The summed E-state index contributed by atoms with van der Waals surface area (Å²) in [5, 5.41) is 0. The monoisotopic (exact) mass is 228 g/mol. The molecule has 16 heavy (non-hydrogen) atoms. The van der Waals surface area contributed by atoms with Crippen molar-refractivity contribution >= 4 is 5.91 Å². The minimum absolute atomic E-state index is 0.00278. The summed E-state index contributed by atoms with van der Waals surface area (Å²) >= 11 is 0. The molecule has 0 aromatic heterocycles. The van der Waals surface area contributed by atoms with E-state index in [2.05, 4.69) is 0 Å². The average molecular weight is 228 g/mol. The first-order valence-electron chi connectivity index (χ1n) is 5.94. The summed E-state index contributed by atoms with van der Waals surface area (Å²) in [6, 6.07) is -0.445. The van der Waals surface area contributed by atoms with Gasteiger partial charge in [0, 0.05) is 20.2 Å². The maximum atomic E-state index is 12.0. The third kappa shape index (κ3) is 3.46. The van der Waals surface area contributed by atoms with Gasteiger partial charge >= 0.3 is 0 Å². The van der Waals surface area contributed by atoms with Crippen molar-refractivity contribution < 1.29 is 9.53 Å². The normalized spacial score (nSPS) is 23.2. The number of hydrogen-bond donors (Lipinski definition) is 1. The number of likely N-dealkylation sites (N-methyl/N-ethyl adjacent to an activating group) is 1. The van der Waals surface area contributed by atoms with Crippen LogP contribution in [-0.4, -0.2) is 43.2 Å². The first-order chi connectivity index (χ1) is 7.32. The largest absolute Gasteiger partial charge is 0.376 e. The molecule has 0 aromatic carbocycles. The number of hydrogen-bond acceptors (Lipinski definition) is 3. The summed E-state index contributed by atoms with van der Waals surface area (Å²) in [7, 11) is 1.80. The Kier molecular flexibility index (Phi) is 4.33. The van der Waals surface area contributed by atoms with Crippen LogP contribution >= 0.6 is 0 Å². The van der Waals surface area contributed by atoms with Crippen molar-refractivity contribution in [3.8, 4) is 0 Å². The molecule has 2 N–H and O–H groups in total. The van der Waals surface area contributed by atoms with E-state index in [1.165, 1.54) is 0 Å². The SMILES string of the molecule is CN(CC1CCCO1)C(=O)C(N)C(C)(C)C. The van der Waals surface area contributed by atoms with Gasteiger partial charge in [0.05, 0.1) is 12.1 Å². The van der Waals surface area contributed by atoms with Crippen molar-refractivity contribution in [1.82, 2.24) is 4.90 Å². The number of ether oxygens (including phenoxy) is 1. The Bertz CT molecular complexity index is 242. The first kappa shape index (κ1) is 13.5. The summed E-state index contributed by atoms with van der Waals surface area (Å²) in [4.78, 5) is 13.7. The zero-order valence-corrected chi connectivity index (χ0v) is 10.8. The van der Waals surface area contributed by atoms with E-state index >= 15 is 0 Å². The lowest BCUT2D eigenvalue weighted by atomic mass is 9.86. The third-order valence-corrected chi connectivity index (χ3v) is 3.08. The Balaban J connectivity index is 2.46. The average Bonchev–Trinajstić information content (AvgIpc) is 2.66. The number of carbonyl (C=O) groups excluding carboxylic acids is 1. The molecule has 1 amide bonds. The van der Waals surface area contributed by atoms with E-state index in [4.69, 9.17) is 10.5 Å². The lowest BCUT2D eigenvalue weighted by Gasteiger charge is -2.31. The molecule has 1 aliphatic heterocycles. The molecule has 0 saturated carbocycles. The van der Waals surface area contributed by atoms with E-state index in [-0.39, 0.29) is 17.4 Å². The molecular weight excluding hydrogens is 204 g/mol. The van der Waals surface area contributed by atoms with Gasteiger partial charge in [-0.1, -0.05) is 20.8 Å². The van der Waals surface area contributed by atoms with Crippen LogP contribution in [0.3, 0.4) is 0 Å². The van der Waals surface area contributed by atoms with E-state index in [9.17, 15) is 4.79 Å². The predicted octanol–water partition coefficient (Wildman–Crippen LogP) is 0.997. The molecule has 0 aromatic rings. The van der Waals surface area contributed by atoms with E-state index in [1.807, 2.05) is 20.8 Å². The van der Waals surface area contributed by atoms with Crippen LogP contribution < -0.4 is 5.73 Å². The highest BCUT2D eigenvalue weighted by Crippen LogP contribution is 2.20. The van der Waals surface area contributed by atoms with Crippen LogP contribution in [0.15, 0.2) is 0 Å². The van der Waals surface area contributed by atoms with Crippen LogP contribution in [0.1, 0.15) is 33.6 Å². The summed E-state index contributed by atoms with van der Waals surface area (Å²) in [6.07, 6.45) is 2.33. The van der Waals surface area contributed by atoms with Gasteiger partial charge in [-0.15, -0.1) is 0 Å². The van der Waals surface area contributed by atoms with Gasteiger partial charge < -0.3 is 15.4 Å². The Morgan fingerprint density at radius 1 is 1.56 bits per heavy atom. The summed E-state index contributed by atoms with van der Waals surface area (Å²) in [5.41, 5.74) is 5.74. The van der Waals surface area contributed by atoms with Crippen LogP contribution in [0.4, 0.5) is 0 Å². The fraction of sp³-hybridized carbons (Fsp3) is 0.917. The van der Waals surface area contributed by atoms with Crippen molar-refractivity contribution in [2.45, 2.75) is 45.8 Å². The highest BCUT2D eigenvalue weighted by molar-refractivity contribution is 5.82. The standard InChI is InChI=1S/C12H24N2O2/c1-12(2,3)10(13)11(15)14(4)8-9-6-5-7-16-9/h9-10H,5-8,13H2,1-4H3. The fourth-order valence-electron chi connectivity index (χ4n) is 1.79. The minimum Gasteiger partial charge on any atom is -0.376 e. The van der Waals surface area contributed by atoms with Crippen LogP contribution in [0, 0.1) is 5.41 Å². The maximum absolute atomic E-state index is 12.0. The quantitative estimate of drug-likeness (QED) is 0.784. The fourth-order valence-corrected chi connectivity index (χ4v) is 1.79. The predicted molar refractivity (Wildman–Crippen MR) is 64.0 cm³/mol. The molecule has 2 unspecified atom stereocenters. The van der Waals surface area contributed by atoms with Crippen molar-refractivity contribution in [2.75, 3.05) is 20.2 Å². The Morgan fingerprint density at radius 3 is 2.62 bits per heavy atom. The van der Waals surface area contributed by atoms with Gasteiger partial charge in [-0.25, -0.2) is 0 Å². The molecule has 1 aliphatic rings. The molecule has 4 heteroatoms. The maximum Gasteiger partial charge on any atom is 0.239 e. The van der Waals surface area contributed by atoms with E-state index in [1.54, 1.807) is 11.9 Å². The second-order valence-electron chi connectivity index (χ2n) is 5.70. The number of carbonyl (C=O) groups is 1. The molecule has 0 aliphatic carbocycles. The van der Waals surface area contributed by atoms with E-state index < -0.39 is 6.04 Å². The molecule has 1 fully saturated rings. The zero-order valence-electron chi connectivity index (χ0n) is 10.8. The van der Waals surface area contributed by atoms with Crippen molar-refractivity contribution in [3.05, 3.63) is 0 Å². The third-order valence-electron chi connectivity index (χ3n) is 3.08. The molecule has 2 atom stereocenters. The molecule has 4 nitrogen and oxygen atoms in total. The van der Waals surface area contributed by atoms with Gasteiger partial charge in [-0.2, -0.15) is 0 Å². The zero-order chi connectivity index (χ0) is 12.3. The summed E-state index contributed by atoms with van der Waals surface area (Å²) < 4.78 is 5.50. The molecule has 0 radical (unpaired) electrons. The van der Waals surface area contributed by atoms with Gasteiger partial charge in [-0.05, 0) is 18.3 Å². The lowest BCUT2D eigenvalue weighted by Crippen LogP contribution is -2.50. The van der Waals surface area contributed by atoms with Gasteiger partial charge in [0.15, 0.2) is 0 Å². The Labute approximate surface area is 98.1 Å². The van der Waals surface area contributed by atoms with Crippen LogP contribution in [-0.2, 0) is 9.53 Å². The Hall–Kier alpha value is -0.610. The van der Waals surface area contributed by atoms with Gasteiger partial charge in [0.1, 0.15) is 0 Å². The number of amides is 1. The lowest BCUT2D eigenvalue weighted by molar-refractivity contribution is -0.135. The second-order valence-corrected chi connectivity index (χ2v) is 5.70. The molecule has 1 heterocycles. The topological polar surface area (TPSA) is 55.6 Å². The first-order valence-corrected chi connectivity index (χ1v) is 5.94. The van der Waals surface area contributed by atoms with E-state index in [0.717, 1.165) is 19.4 Å². The molecule has 0 bridgehead atoms. The van der Waals surface area contributed by atoms with Gasteiger partial charge in [0.2, 0.25) is 5.91 Å². The van der Waals surface area contributed by atoms with Crippen molar-refractivity contribution in [2.24, 2.45) is 11.1 Å². The molecular formula is C12H24N2O2. The second kappa shape index (κ2) is 5.15. The van der Waals surface area contributed by atoms with Crippen LogP contribution in [0.5, 0.6) is 0 Å². The highest BCUT2D eigenvalue weighted by Gasteiger charge is 2.31. The molecule has 1 rings (SSSR count). The molecule has 0 spiro atoms. The van der Waals surface area contributed by atoms with Gasteiger partial charge in [0.25, 0.3) is 0 Å². The highest BCUT2D eigenvalue weighted by atomic mass is 16.5. The van der Waals surface area contributed by atoms with E-state index in [0.29, 0.717) is 6.54 Å². The smallest absolute Gasteiger partial charge is 0.239 e. The molecule has 1 saturated heterocycles. The molecule has 94 valence electrons. The minimum atomic E-state index is -0.445.